The molecule has 0 bridgehead atoms. The van der Waals surface area contributed by atoms with Gasteiger partial charge in [0.05, 0.1) is 16.3 Å². The van der Waals surface area contributed by atoms with Crippen molar-refractivity contribution >= 4 is 46.5 Å². The Bertz CT molecular complexity index is 826. The molecule has 2 rings (SSSR count). The van der Waals surface area contributed by atoms with E-state index in [1.165, 1.54) is 18.2 Å². The number of benzene rings is 2. The quantitative estimate of drug-likeness (QED) is 0.692. The van der Waals surface area contributed by atoms with Crippen LogP contribution in [0.1, 0.15) is 15.9 Å². The zero-order valence-electron chi connectivity index (χ0n) is 13.2. The number of halogens is 1. The van der Waals surface area contributed by atoms with Crippen molar-refractivity contribution in [2.75, 3.05) is 11.9 Å². The van der Waals surface area contributed by atoms with Gasteiger partial charge in [-0.3, -0.25) is 10.1 Å². The number of aromatic carboxylic acids is 1. The highest BCUT2D eigenvalue weighted by atomic mass is 35.5. The summed E-state index contributed by atoms with van der Waals surface area (Å²) in [5.74, 6) is -0.943. The van der Waals surface area contributed by atoms with Crippen molar-refractivity contribution in [1.29, 1.82) is 0 Å². The van der Waals surface area contributed by atoms with Gasteiger partial charge in [0.15, 0.2) is 11.7 Å². The molecule has 0 saturated heterocycles. The van der Waals surface area contributed by atoms with Crippen LogP contribution >= 0.6 is 23.8 Å². The van der Waals surface area contributed by atoms with Crippen LogP contribution in [-0.2, 0) is 4.79 Å². The number of ether oxygens (including phenoxy) is 1. The number of thiocarbonyl (C=S) groups is 1. The van der Waals surface area contributed by atoms with Gasteiger partial charge < -0.3 is 15.2 Å². The number of carbonyl (C=O) groups is 2. The van der Waals surface area contributed by atoms with E-state index in [1.54, 1.807) is 6.07 Å². The van der Waals surface area contributed by atoms with Crippen LogP contribution in [0, 0.1) is 6.92 Å². The highest BCUT2D eigenvalue weighted by Crippen LogP contribution is 2.23. The minimum Gasteiger partial charge on any atom is -0.483 e. The highest BCUT2D eigenvalue weighted by molar-refractivity contribution is 7.80. The maximum absolute atomic E-state index is 11.9. The molecule has 0 unspecified atom stereocenters. The first-order chi connectivity index (χ1) is 11.9. The second-order valence-electron chi connectivity index (χ2n) is 5.06. The van der Waals surface area contributed by atoms with E-state index in [-0.39, 0.29) is 28.0 Å². The molecule has 6 nitrogen and oxygen atoms in total. The Hall–Kier alpha value is -2.64. The van der Waals surface area contributed by atoms with Gasteiger partial charge in [-0.25, -0.2) is 4.79 Å². The van der Waals surface area contributed by atoms with E-state index >= 15 is 0 Å². The Morgan fingerprint density at radius 1 is 1.24 bits per heavy atom. The lowest BCUT2D eigenvalue weighted by Gasteiger charge is -2.12. The van der Waals surface area contributed by atoms with Crippen LogP contribution in [0.5, 0.6) is 5.75 Å². The minimum absolute atomic E-state index is 0.0113. The molecule has 8 heteroatoms. The summed E-state index contributed by atoms with van der Waals surface area (Å²) in [4.78, 5) is 22.9. The van der Waals surface area contributed by atoms with E-state index in [1.807, 2.05) is 25.1 Å². The second-order valence-corrected chi connectivity index (χ2v) is 5.87. The fourth-order valence-corrected chi connectivity index (χ4v) is 2.32. The van der Waals surface area contributed by atoms with Gasteiger partial charge in [-0.2, -0.15) is 0 Å². The predicted molar refractivity (Wildman–Crippen MR) is 99.4 cm³/mol. The van der Waals surface area contributed by atoms with Crippen LogP contribution < -0.4 is 15.4 Å². The Labute approximate surface area is 154 Å². The van der Waals surface area contributed by atoms with Gasteiger partial charge in [0.1, 0.15) is 5.75 Å². The lowest BCUT2D eigenvalue weighted by Crippen LogP contribution is -2.37. The van der Waals surface area contributed by atoms with E-state index in [4.69, 9.17) is 33.7 Å². The first kappa shape index (κ1) is 18.7. The molecular weight excluding hydrogens is 364 g/mol. The smallest absolute Gasteiger partial charge is 0.335 e. The van der Waals surface area contributed by atoms with Crippen molar-refractivity contribution in [1.82, 2.24) is 5.32 Å². The van der Waals surface area contributed by atoms with Crippen molar-refractivity contribution in [3.8, 4) is 5.75 Å². The fraction of sp³-hybridized carbons (Fsp3) is 0.118. The molecule has 3 N–H and O–H groups in total. The summed E-state index contributed by atoms with van der Waals surface area (Å²) in [6.07, 6.45) is 0. The topological polar surface area (TPSA) is 87.7 Å². The third-order valence-electron chi connectivity index (χ3n) is 3.17. The van der Waals surface area contributed by atoms with Crippen LogP contribution in [-0.4, -0.2) is 28.7 Å². The van der Waals surface area contributed by atoms with Crippen molar-refractivity contribution in [2.24, 2.45) is 0 Å². The van der Waals surface area contributed by atoms with Crippen LogP contribution in [0.2, 0.25) is 5.02 Å². The summed E-state index contributed by atoms with van der Waals surface area (Å²) in [6.45, 7) is 1.66. The molecule has 0 aliphatic heterocycles. The summed E-state index contributed by atoms with van der Waals surface area (Å²) in [6, 6.07) is 11.4. The fourth-order valence-electron chi connectivity index (χ4n) is 1.93. The highest BCUT2D eigenvalue weighted by Gasteiger charge is 2.11. The van der Waals surface area contributed by atoms with Gasteiger partial charge in [-0.05, 0) is 49.0 Å². The maximum atomic E-state index is 11.9. The Morgan fingerprint density at radius 3 is 2.64 bits per heavy atom. The average Bonchev–Trinajstić information content (AvgIpc) is 2.55. The molecule has 0 aromatic heterocycles. The Balaban J connectivity index is 1.92. The SMILES string of the molecule is Cc1ccccc1OCC(=O)NC(=S)Nc1cc(C(=O)O)ccc1Cl. The Morgan fingerprint density at radius 2 is 1.96 bits per heavy atom. The van der Waals surface area contributed by atoms with Crippen molar-refractivity contribution in [2.45, 2.75) is 6.92 Å². The number of rotatable bonds is 5. The summed E-state index contributed by atoms with van der Waals surface area (Å²) in [5, 5.41) is 14.4. The molecule has 1 amide bonds. The number of aryl methyl sites for hydroxylation is 1. The summed E-state index contributed by atoms with van der Waals surface area (Å²) in [5.41, 5.74) is 1.24. The lowest BCUT2D eigenvalue weighted by atomic mass is 10.2. The summed E-state index contributed by atoms with van der Waals surface area (Å²) >= 11 is 11.0. The molecule has 2 aromatic carbocycles. The molecule has 0 spiro atoms. The van der Waals surface area contributed by atoms with Crippen LogP contribution in [0.15, 0.2) is 42.5 Å². The van der Waals surface area contributed by atoms with Gasteiger partial charge in [0.2, 0.25) is 0 Å². The van der Waals surface area contributed by atoms with Gasteiger partial charge >= 0.3 is 5.97 Å². The number of hydrogen-bond acceptors (Lipinski definition) is 4. The zero-order valence-corrected chi connectivity index (χ0v) is 14.8. The molecule has 0 aliphatic rings. The second kappa shape index (κ2) is 8.46. The van der Waals surface area contributed by atoms with E-state index < -0.39 is 11.9 Å². The van der Waals surface area contributed by atoms with Crippen LogP contribution in [0.25, 0.3) is 0 Å². The first-order valence-electron chi connectivity index (χ1n) is 7.19. The molecule has 0 atom stereocenters. The number of hydrogen-bond donors (Lipinski definition) is 3. The largest absolute Gasteiger partial charge is 0.483 e. The van der Waals surface area contributed by atoms with Gasteiger partial charge in [0.25, 0.3) is 5.91 Å². The summed E-state index contributed by atoms with van der Waals surface area (Å²) in [7, 11) is 0. The van der Waals surface area contributed by atoms with E-state index in [9.17, 15) is 9.59 Å². The van der Waals surface area contributed by atoms with Gasteiger partial charge in [0, 0.05) is 0 Å². The van der Waals surface area contributed by atoms with Crippen LogP contribution in [0.4, 0.5) is 5.69 Å². The molecule has 2 aromatic rings. The molecule has 0 saturated carbocycles. The molecule has 25 heavy (non-hydrogen) atoms. The normalized spacial score (nSPS) is 10.0. The zero-order chi connectivity index (χ0) is 18.4. The van der Waals surface area contributed by atoms with E-state index in [0.717, 1.165) is 5.56 Å². The van der Waals surface area contributed by atoms with E-state index in [2.05, 4.69) is 10.6 Å². The number of carboxylic acids is 1. The van der Waals surface area contributed by atoms with Crippen molar-refractivity contribution in [3.05, 3.63) is 58.6 Å². The number of para-hydroxylation sites is 1. The monoisotopic (exact) mass is 378 g/mol. The third kappa shape index (κ3) is 5.44. The first-order valence-corrected chi connectivity index (χ1v) is 7.97. The number of carboxylic acid groups (broad SMARTS) is 1. The molecule has 0 radical (unpaired) electrons. The average molecular weight is 379 g/mol. The number of amides is 1. The Kier molecular flexibility index (Phi) is 6.32. The number of anilines is 1. The maximum Gasteiger partial charge on any atom is 0.335 e. The summed E-state index contributed by atoms with van der Waals surface area (Å²) < 4.78 is 5.42. The number of nitrogens with one attached hydrogen (secondary N) is 2. The molecule has 0 aliphatic carbocycles. The third-order valence-corrected chi connectivity index (χ3v) is 3.70. The predicted octanol–water partition coefficient (Wildman–Crippen LogP) is 3.24. The minimum atomic E-state index is -1.10. The van der Waals surface area contributed by atoms with Crippen molar-refractivity contribution < 1.29 is 19.4 Å². The molecule has 0 fully saturated rings. The standard InChI is InChI=1S/C17H15ClN2O4S/c1-10-4-2-3-5-14(10)24-9-15(21)20-17(25)19-13-8-11(16(22)23)6-7-12(13)18/h2-8H,9H2,1H3,(H,22,23)(H2,19,20,21,25). The molecule has 130 valence electrons. The van der Waals surface area contributed by atoms with Gasteiger partial charge in [-0.15, -0.1) is 0 Å². The van der Waals surface area contributed by atoms with E-state index in [0.29, 0.717) is 5.75 Å². The van der Waals surface area contributed by atoms with Gasteiger partial charge in [-0.1, -0.05) is 29.8 Å². The molecular formula is C17H15ClN2O4S. The van der Waals surface area contributed by atoms with Crippen LogP contribution in [0.3, 0.4) is 0 Å². The number of carbonyl (C=O) groups excluding carboxylic acids is 1. The lowest BCUT2D eigenvalue weighted by molar-refractivity contribution is -0.121. The molecule has 0 heterocycles. The van der Waals surface area contributed by atoms with Crippen molar-refractivity contribution in [3.63, 3.8) is 0 Å².